The number of aromatic nitrogens is 5. The first-order valence-corrected chi connectivity index (χ1v) is 10.4. The van der Waals surface area contributed by atoms with Gasteiger partial charge in [0.2, 0.25) is 0 Å². The van der Waals surface area contributed by atoms with Gasteiger partial charge in [0.05, 0.1) is 11.4 Å². The van der Waals surface area contributed by atoms with Crippen molar-refractivity contribution < 1.29 is 0 Å². The zero-order valence-electron chi connectivity index (χ0n) is 17.6. The Balaban J connectivity index is 1.73. The molecule has 5 heteroatoms. The molecule has 5 rings (SSSR count). The number of fused-ring (bicyclic) bond motifs is 2. The van der Waals surface area contributed by atoms with E-state index in [1.165, 1.54) is 35.4 Å². The fourth-order valence-electron chi connectivity index (χ4n) is 4.39. The molecule has 1 aliphatic carbocycles. The third kappa shape index (κ3) is 3.05. The van der Waals surface area contributed by atoms with Gasteiger partial charge in [0, 0.05) is 34.6 Å². The molecule has 0 spiro atoms. The Labute approximate surface area is 171 Å². The van der Waals surface area contributed by atoms with Gasteiger partial charge in [0.25, 0.3) is 0 Å². The molecule has 148 valence electrons. The fourth-order valence-corrected chi connectivity index (χ4v) is 4.39. The van der Waals surface area contributed by atoms with Crippen molar-refractivity contribution in [3.63, 3.8) is 0 Å². The molecule has 29 heavy (non-hydrogen) atoms. The first-order valence-electron chi connectivity index (χ1n) is 10.4. The molecule has 4 aromatic heterocycles. The standard InChI is InChI=1S/C24H27N5/c1-14-16-7-5-6-8-17(16)22(26-14)19-11-15-9-10-25-13-18(15)23(27-19)20-12-21(29-28-20)24(2,3)4/h9-13,26H,5-8H2,1-4H3,(H,28,29). The monoisotopic (exact) mass is 385 g/mol. The van der Waals surface area contributed by atoms with Crippen molar-refractivity contribution >= 4 is 10.8 Å². The Bertz CT molecular complexity index is 1210. The van der Waals surface area contributed by atoms with Gasteiger partial charge in [-0.25, -0.2) is 4.98 Å². The highest BCUT2D eigenvalue weighted by atomic mass is 15.1. The maximum absolute atomic E-state index is 5.10. The number of nitrogens with one attached hydrogen (secondary N) is 2. The van der Waals surface area contributed by atoms with Gasteiger partial charge in [-0.1, -0.05) is 20.8 Å². The van der Waals surface area contributed by atoms with Gasteiger partial charge in [0.15, 0.2) is 0 Å². The number of hydrogen-bond acceptors (Lipinski definition) is 3. The molecular weight excluding hydrogens is 358 g/mol. The number of aromatic amines is 2. The van der Waals surface area contributed by atoms with E-state index in [9.17, 15) is 0 Å². The van der Waals surface area contributed by atoms with Crippen molar-refractivity contribution in [1.29, 1.82) is 0 Å². The average molecular weight is 386 g/mol. The highest BCUT2D eigenvalue weighted by molar-refractivity contribution is 5.95. The first kappa shape index (κ1) is 18.1. The summed E-state index contributed by atoms with van der Waals surface area (Å²) in [6.45, 7) is 8.73. The molecule has 0 saturated heterocycles. The zero-order valence-corrected chi connectivity index (χ0v) is 17.6. The van der Waals surface area contributed by atoms with Crippen LogP contribution in [0.15, 0.2) is 30.6 Å². The van der Waals surface area contributed by atoms with Crippen LogP contribution in [0.1, 0.15) is 56.1 Å². The summed E-state index contributed by atoms with van der Waals surface area (Å²) >= 11 is 0. The van der Waals surface area contributed by atoms with Crippen LogP contribution in [0, 0.1) is 6.92 Å². The van der Waals surface area contributed by atoms with E-state index in [0.717, 1.165) is 46.4 Å². The summed E-state index contributed by atoms with van der Waals surface area (Å²) in [5.74, 6) is 0. The van der Waals surface area contributed by atoms with E-state index in [4.69, 9.17) is 4.98 Å². The molecule has 4 heterocycles. The van der Waals surface area contributed by atoms with Gasteiger partial charge >= 0.3 is 0 Å². The lowest BCUT2D eigenvalue weighted by Gasteiger charge is -2.15. The van der Waals surface area contributed by atoms with E-state index < -0.39 is 0 Å². The van der Waals surface area contributed by atoms with Crippen LogP contribution in [0.4, 0.5) is 0 Å². The van der Waals surface area contributed by atoms with Gasteiger partial charge in [-0.2, -0.15) is 5.10 Å². The van der Waals surface area contributed by atoms with Crippen LogP contribution in [0.5, 0.6) is 0 Å². The molecule has 5 nitrogen and oxygen atoms in total. The van der Waals surface area contributed by atoms with E-state index in [0.29, 0.717) is 0 Å². The Hall–Kier alpha value is -2.95. The van der Waals surface area contributed by atoms with Gasteiger partial charge in [-0.15, -0.1) is 0 Å². The van der Waals surface area contributed by atoms with E-state index in [-0.39, 0.29) is 5.41 Å². The van der Waals surface area contributed by atoms with E-state index in [1.54, 1.807) is 0 Å². The summed E-state index contributed by atoms with van der Waals surface area (Å²) in [5.41, 5.74) is 9.23. The second-order valence-electron chi connectivity index (χ2n) is 9.16. The third-order valence-electron chi connectivity index (χ3n) is 6.05. The van der Waals surface area contributed by atoms with Gasteiger partial charge in [-0.3, -0.25) is 10.1 Å². The van der Waals surface area contributed by atoms with Gasteiger partial charge in [0.1, 0.15) is 11.4 Å². The summed E-state index contributed by atoms with van der Waals surface area (Å²) in [6.07, 6.45) is 8.54. The number of pyridine rings is 2. The summed E-state index contributed by atoms with van der Waals surface area (Å²) in [5, 5.41) is 9.97. The summed E-state index contributed by atoms with van der Waals surface area (Å²) in [6, 6.07) is 6.36. The predicted molar refractivity (Wildman–Crippen MR) is 117 cm³/mol. The van der Waals surface area contributed by atoms with E-state index in [2.05, 4.69) is 66.1 Å². The third-order valence-corrected chi connectivity index (χ3v) is 6.05. The molecular formula is C24H27N5. The first-order chi connectivity index (χ1) is 13.9. The molecule has 0 saturated carbocycles. The summed E-state index contributed by atoms with van der Waals surface area (Å²) in [4.78, 5) is 13.1. The lowest BCUT2D eigenvalue weighted by molar-refractivity contribution is 0.567. The Morgan fingerprint density at radius 1 is 1.00 bits per heavy atom. The molecule has 4 aromatic rings. The van der Waals surface area contributed by atoms with Crippen molar-refractivity contribution in [2.24, 2.45) is 0 Å². The highest BCUT2D eigenvalue weighted by Gasteiger charge is 2.23. The van der Waals surface area contributed by atoms with Gasteiger partial charge < -0.3 is 4.98 Å². The SMILES string of the molecule is Cc1[nH]c(-c2cc3ccncc3c(-c3cc(C(C)(C)C)[nH]n3)n2)c2c1CCCC2. The van der Waals surface area contributed by atoms with Crippen LogP contribution in [-0.4, -0.2) is 25.1 Å². The van der Waals surface area contributed by atoms with Crippen LogP contribution in [0.3, 0.4) is 0 Å². The van der Waals surface area contributed by atoms with Crippen LogP contribution in [0.2, 0.25) is 0 Å². The smallest absolute Gasteiger partial charge is 0.111 e. The number of aryl methyl sites for hydroxylation is 1. The Morgan fingerprint density at radius 2 is 1.79 bits per heavy atom. The predicted octanol–water partition coefficient (Wildman–Crippen LogP) is 5.50. The van der Waals surface area contributed by atoms with Crippen LogP contribution in [0.25, 0.3) is 33.5 Å². The zero-order chi connectivity index (χ0) is 20.2. The minimum Gasteiger partial charge on any atom is -0.357 e. The maximum atomic E-state index is 5.10. The topological polar surface area (TPSA) is 70.2 Å². The minimum absolute atomic E-state index is 0.00650. The number of rotatable bonds is 2. The van der Waals surface area contributed by atoms with E-state index in [1.807, 2.05) is 12.4 Å². The molecule has 0 atom stereocenters. The van der Waals surface area contributed by atoms with Gasteiger partial charge in [-0.05, 0) is 67.3 Å². The van der Waals surface area contributed by atoms with Crippen molar-refractivity contribution in [2.45, 2.75) is 58.8 Å². The molecule has 1 aliphatic rings. The fraction of sp³-hybridized carbons (Fsp3) is 0.375. The lowest BCUT2D eigenvalue weighted by atomic mass is 9.91. The second-order valence-corrected chi connectivity index (χ2v) is 9.16. The molecule has 0 unspecified atom stereocenters. The number of nitrogens with zero attached hydrogens (tertiary/aromatic N) is 3. The van der Waals surface area contributed by atoms with Crippen molar-refractivity contribution in [1.82, 2.24) is 25.1 Å². The Morgan fingerprint density at radius 3 is 2.55 bits per heavy atom. The lowest BCUT2D eigenvalue weighted by Crippen LogP contribution is -2.11. The average Bonchev–Trinajstić information content (AvgIpc) is 3.33. The van der Waals surface area contributed by atoms with Crippen molar-refractivity contribution in [2.75, 3.05) is 0 Å². The highest BCUT2D eigenvalue weighted by Crippen LogP contribution is 2.36. The molecule has 0 bridgehead atoms. The molecule has 0 aromatic carbocycles. The number of H-pyrrole nitrogens is 2. The Kier molecular flexibility index (Phi) is 4.09. The molecule has 0 amide bonds. The van der Waals surface area contributed by atoms with E-state index >= 15 is 0 Å². The quantitative estimate of drug-likeness (QED) is 0.479. The van der Waals surface area contributed by atoms with Crippen LogP contribution in [-0.2, 0) is 18.3 Å². The maximum Gasteiger partial charge on any atom is 0.111 e. The normalized spacial score (nSPS) is 14.3. The van der Waals surface area contributed by atoms with Crippen LogP contribution < -0.4 is 0 Å². The number of hydrogen-bond donors (Lipinski definition) is 2. The van der Waals surface area contributed by atoms with Crippen molar-refractivity contribution in [3.8, 4) is 22.8 Å². The molecule has 0 fully saturated rings. The molecule has 0 radical (unpaired) electrons. The molecule has 0 aliphatic heterocycles. The van der Waals surface area contributed by atoms with Crippen molar-refractivity contribution in [3.05, 3.63) is 53.1 Å². The second kappa shape index (κ2) is 6.55. The van der Waals surface area contributed by atoms with Crippen LogP contribution >= 0.6 is 0 Å². The molecule has 2 N–H and O–H groups in total. The minimum atomic E-state index is 0.00650. The largest absolute Gasteiger partial charge is 0.357 e. The summed E-state index contributed by atoms with van der Waals surface area (Å²) < 4.78 is 0. The summed E-state index contributed by atoms with van der Waals surface area (Å²) in [7, 11) is 0.